The molecule has 8 heteroatoms. The van der Waals surface area contributed by atoms with Crippen molar-refractivity contribution in [2.24, 2.45) is 0 Å². The van der Waals surface area contributed by atoms with Crippen LogP contribution in [0.25, 0.3) is 0 Å². The average Bonchev–Trinajstić information content (AvgIpc) is 2.80. The lowest BCUT2D eigenvalue weighted by molar-refractivity contribution is 0.102. The van der Waals surface area contributed by atoms with Gasteiger partial charge in [-0.15, -0.1) is 0 Å². The van der Waals surface area contributed by atoms with Gasteiger partial charge in [0, 0.05) is 6.92 Å². The van der Waals surface area contributed by atoms with Gasteiger partial charge in [0.2, 0.25) is 0 Å². The van der Waals surface area contributed by atoms with Gasteiger partial charge in [-0.1, -0.05) is 11.3 Å². The summed E-state index contributed by atoms with van der Waals surface area (Å²) in [6, 6.07) is 6.09. The zero-order chi connectivity index (χ0) is 16.3. The van der Waals surface area contributed by atoms with Crippen LogP contribution in [0.15, 0.2) is 29.2 Å². The molecule has 1 heterocycles. The molecule has 0 bridgehead atoms. The summed E-state index contributed by atoms with van der Waals surface area (Å²) in [4.78, 5) is 16.0. The standard InChI is InChI=1S/C14H16N2O4S2/c1-4-20-11-5-7-12(8-6-11)22(18,19)16-14-15-9(2)13(21-14)10(3)17/h5-8H,4H2,1-3H3,(H,15,16). The molecule has 118 valence electrons. The van der Waals surface area contributed by atoms with Crippen LogP contribution in [0, 0.1) is 6.92 Å². The first-order valence-electron chi connectivity index (χ1n) is 6.57. The number of thiazole rings is 1. The molecule has 1 aromatic carbocycles. The first kappa shape index (κ1) is 16.4. The molecule has 0 aliphatic carbocycles. The highest BCUT2D eigenvalue weighted by atomic mass is 32.2. The zero-order valence-electron chi connectivity index (χ0n) is 12.4. The van der Waals surface area contributed by atoms with E-state index in [9.17, 15) is 13.2 Å². The van der Waals surface area contributed by atoms with Gasteiger partial charge < -0.3 is 4.74 Å². The zero-order valence-corrected chi connectivity index (χ0v) is 14.0. The second-order valence-corrected chi connectivity index (χ2v) is 7.18. The van der Waals surface area contributed by atoms with Gasteiger partial charge in [-0.05, 0) is 38.1 Å². The second-order valence-electron chi connectivity index (χ2n) is 4.50. The van der Waals surface area contributed by atoms with E-state index >= 15 is 0 Å². The Balaban J connectivity index is 2.23. The lowest BCUT2D eigenvalue weighted by Crippen LogP contribution is -2.12. The van der Waals surface area contributed by atoms with Crippen molar-refractivity contribution in [3.05, 3.63) is 34.8 Å². The number of rotatable bonds is 6. The molecule has 0 saturated heterocycles. The predicted molar refractivity (Wildman–Crippen MR) is 85.3 cm³/mol. The van der Waals surface area contributed by atoms with Gasteiger partial charge in [0.1, 0.15) is 5.75 Å². The number of nitrogens with one attached hydrogen (secondary N) is 1. The molecule has 0 atom stereocenters. The Kier molecular flexibility index (Phi) is 4.82. The van der Waals surface area contributed by atoms with E-state index in [1.807, 2.05) is 6.92 Å². The van der Waals surface area contributed by atoms with Gasteiger partial charge >= 0.3 is 0 Å². The topological polar surface area (TPSA) is 85.4 Å². The third-order valence-electron chi connectivity index (χ3n) is 2.78. The fraction of sp³-hybridized carbons (Fsp3) is 0.286. The molecule has 1 aromatic heterocycles. The summed E-state index contributed by atoms with van der Waals surface area (Å²) in [5, 5.41) is 0.177. The smallest absolute Gasteiger partial charge is 0.263 e. The summed E-state index contributed by atoms with van der Waals surface area (Å²) in [7, 11) is -3.74. The van der Waals surface area contributed by atoms with E-state index in [0.717, 1.165) is 11.3 Å². The van der Waals surface area contributed by atoms with E-state index in [1.54, 1.807) is 19.1 Å². The predicted octanol–water partition coefficient (Wildman–Crippen LogP) is 2.85. The van der Waals surface area contributed by atoms with Crippen LogP contribution in [0.5, 0.6) is 5.75 Å². The van der Waals surface area contributed by atoms with Crippen molar-refractivity contribution in [1.82, 2.24) is 4.98 Å². The number of Topliss-reactive ketones (excluding diaryl/α,β-unsaturated/α-hetero) is 1. The van der Waals surface area contributed by atoms with Crippen LogP contribution in [0.1, 0.15) is 29.2 Å². The van der Waals surface area contributed by atoms with Crippen molar-refractivity contribution >= 4 is 32.3 Å². The molecule has 6 nitrogen and oxygen atoms in total. The van der Waals surface area contributed by atoms with Crippen LogP contribution >= 0.6 is 11.3 Å². The minimum Gasteiger partial charge on any atom is -0.494 e. The molecular weight excluding hydrogens is 324 g/mol. The lowest BCUT2D eigenvalue weighted by Gasteiger charge is -2.06. The molecule has 0 fully saturated rings. The van der Waals surface area contributed by atoms with Gasteiger partial charge in [-0.25, -0.2) is 13.4 Å². The summed E-state index contributed by atoms with van der Waals surface area (Å²) in [5.74, 6) is 0.465. The largest absolute Gasteiger partial charge is 0.494 e. The Morgan fingerprint density at radius 1 is 1.32 bits per heavy atom. The Morgan fingerprint density at radius 2 is 1.95 bits per heavy atom. The number of ketones is 1. The van der Waals surface area contributed by atoms with Crippen molar-refractivity contribution in [3.63, 3.8) is 0 Å². The summed E-state index contributed by atoms with van der Waals surface area (Å²) in [6.07, 6.45) is 0. The number of nitrogens with zero attached hydrogens (tertiary/aromatic N) is 1. The number of ether oxygens (including phenoxy) is 1. The maximum Gasteiger partial charge on any atom is 0.263 e. The molecule has 2 rings (SSSR count). The molecular formula is C14H16N2O4S2. The number of aryl methyl sites for hydroxylation is 1. The quantitative estimate of drug-likeness (QED) is 0.817. The van der Waals surface area contributed by atoms with Gasteiger partial charge in [0.05, 0.1) is 22.1 Å². The van der Waals surface area contributed by atoms with Crippen LogP contribution in [-0.2, 0) is 10.0 Å². The Morgan fingerprint density at radius 3 is 2.45 bits per heavy atom. The Hall–Kier alpha value is -1.93. The number of carbonyl (C=O) groups is 1. The molecule has 2 aromatic rings. The van der Waals surface area contributed by atoms with Crippen LogP contribution in [0.2, 0.25) is 0 Å². The molecule has 0 radical (unpaired) electrons. The van der Waals surface area contributed by atoms with Crippen molar-refractivity contribution < 1.29 is 17.9 Å². The van der Waals surface area contributed by atoms with E-state index in [4.69, 9.17) is 4.74 Å². The first-order valence-corrected chi connectivity index (χ1v) is 8.87. The number of hydrogen-bond donors (Lipinski definition) is 1. The van der Waals surface area contributed by atoms with Gasteiger partial charge in [-0.2, -0.15) is 0 Å². The van der Waals surface area contributed by atoms with E-state index < -0.39 is 10.0 Å². The SMILES string of the molecule is CCOc1ccc(S(=O)(=O)Nc2nc(C)c(C(C)=O)s2)cc1. The normalized spacial score (nSPS) is 11.2. The third-order valence-corrected chi connectivity index (χ3v) is 5.44. The number of sulfonamides is 1. The maximum absolute atomic E-state index is 12.3. The monoisotopic (exact) mass is 340 g/mol. The number of anilines is 1. The van der Waals surface area contributed by atoms with E-state index in [0.29, 0.717) is 22.9 Å². The maximum atomic E-state index is 12.3. The van der Waals surface area contributed by atoms with Crippen LogP contribution in [-0.4, -0.2) is 25.8 Å². The molecule has 0 unspecified atom stereocenters. The molecule has 0 spiro atoms. The van der Waals surface area contributed by atoms with Crippen molar-refractivity contribution in [2.75, 3.05) is 11.3 Å². The van der Waals surface area contributed by atoms with Crippen LogP contribution in [0.4, 0.5) is 5.13 Å². The third kappa shape index (κ3) is 3.63. The summed E-state index contributed by atoms with van der Waals surface area (Å²) in [6.45, 7) is 5.45. The number of hydrogen-bond acceptors (Lipinski definition) is 6. The van der Waals surface area contributed by atoms with Crippen molar-refractivity contribution in [2.45, 2.75) is 25.7 Å². The van der Waals surface area contributed by atoms with Crippen molar-refractivity contribution in [3.8, 4) is 5.75 Å². The number of benzene rings is 1. The van der Waals surface area contributed by atoms with E-state index in [1.165, 1.54) is 19.1 Å². The molecule has 1 N–H and O–H groups in total. The highest BCUT2D eigenvalue weighted by Gasteiger charge is 2.18. The highest BCUT2D eigenvalue weighted by molar-refractivity contribution is 7.93. The molecule has 0 saturated carbocycles. The lowest BCUT2D eigenvalue weighted by atomic mass is 10.3. The van der Waals surface area contributed by atoms with Crippen molar-refractivity contribution in [1.29, 1.82) is 0 Å². The van der Waals surface area contributed by atoms with Crippen LogP contribution in [0.3, 0.4) is 0 Å². The number of aromatic nitrogens is 1. The number of carbonyl (C=O) groups excluding carboxylic acids is 1. The van der Waals surface area contributed by atoms with E-state index in [2.05, 4.69) is 9.71 Å². The van der Waals surface area contributed by atoms with Crippen LogP contribution < -0.4 is 9.46 Å². The molecule has 22 heavy (non-hydrogen) atoms. The summed E-state index contributed by atoms with van der Waals surface area (Å²) < 4.78 is 32.2. The Bertz CT molecular complexity index is 780. The Labute approximate surface area is 133 Å². The fourth-order valence-electron chi connectivity index (χ4n) is 1.82. The second kappa shape index (κ2) is 6.45. The van der Waals surface area contributed by atoms with E-state index in [-0.39, 0.29) is 15.8 Å². The highest BCUT2D eigenvalue weighted by Crippen LogP contribution is 2.26. The molecule has 0 aliphatic rings. The van der Waals surface area contributed by atoms with Gasteiger partial charge in [0.15, 0.2) is 10.9 Å². The first-order chi connectivity index (χ1) is 10.3. The van der Waals surface area contributed by atoms with Gasteiger partial charge in [0.25, 0.3) is 10.0 Å². The summed E-state index contributed by atoms with van der Waals surface area (Å²) in [5.41, 5.74) is 0.516. The minimum absolute atomic E-state index is 0.105. The van der Waals surface area contributed by atoms with Gasteiger partial charge in [-0.3, -0.25) is 9.52 Å². The fourth-order valence-corrected chi connectivity index (χ4v) is 3.92. The molecule has 0 amide bonds. The molecule has 0 aliphatic heterocycles. The minimum atomic E-state index is -3.74. The average molecular weight is 340 g/mol. The summed E-state index contributed by atoms with van der Waals surface area (Å²) >= 11 is 1.02.